The fourth-order valence-electron chi connectivity index (χ4n) is 3.19. The fourth-order valence-corrected chi connectivity index (χ4v) is 3.73. The predicted octanol–water partition coefficient (Wildman–Crippen LogP) is 5.21. The van der Waals surface area contributed by atoms with Gasteiger partial charge in [-0.1, -0.05) is 12.8 Å². The molecule has 0 radical (unpaired) electrons. The molecular weight excluding hydrogens is 385 g/mol. The van der Waals surface area contributed by atoms with E-state index in [9.17, 15) is 9.18 Å². The second-order valence-corrected chi connectivity index (χ2v) is 7.10. The number of benzene rings is 2. The second kappa shape index (κ2) is 8.00. The number of hydrogen-bond donors (Lipinski definition) is 0. The van der Waals surface area contributed by atoms with Crippen molar-refractivity contribution < 1.29 is 13.9 Å². The quantitative estimate of drug-likeness (QED) is 0.653. The third kappa shape index (κ3) is 4.03. The average molecular weight is 406 g/mol. The van der Waals surface area contributed by atoms with Crippen molar-refractivity contribution in [3.8, 4) is 5.75 Å². The number of carbonyl (C=O) groups excluding carboxylic acids is 1. The van der Waals surface area contributed by atoms with Gasteiger partial charge in [-0.3, -0.25) is 4.79 Å². The lowest BCUT2D eigenvalue weighted by Crippen LogP contribution is -2.25. The number of halogens is 2. The van der Waals surface area contributed by atoms with Gasteiger partial charge in [-0.05, 0) is 65.2 Å². The van der Waals surface area contributed by atoms with Gasteiger partial charge in [0.15, 0.2) is 5.78 Å². The Balaban J connectivity index is 1.84. The Labute approximate surface area is 155 Å². The Morgan fingerprint density at radius 3 is 2.28 bits per heavy atom. The molecule has 0 spiro atoms. The number of hydrogen-bond acceptors (Lipinski definition) is 3. The Bertz CT molecular complexity index is 770. The summed E-state index contributed by atoms with van der Waals surface area (Å²) in [4.78, 5) is 14.7. The van der Waals surface area contributed by atoms with Gasteiger partial charge >= 0.3 is 0 Å². The van der Waals surface area contributed by atoms with Crippen LogP contribution in [0.15, 0.2) is 40.9 Å². The lowest BCUT2D eigenvalue weighted by atomic mass is 10.0. The van der Waals surface area contributed by atoms with Gasteiger partial charge in [0.25, 0.3) is 0 Å². The molecule has 5 heteroatoms. The van der Waals surface area contributed by atoms with E-state index in [1.807, 2.05) is 0 Å². The van der Waals surface area contributed by atoms with Gasteiger partial charge in [0, 0.05) is 24.2 Å². The summed E-state index contributed by atoms with van der Waals surface area (Å²) in [5, 5.41) is 0. The van der Waals surface area contributed by atoms with Crippen LogP contribution in [-0.2, 0) is 0 Å². The van der Waals surface area contributed by atoms with Gasteiger partial charge in [-0.15, -0.1) is 0 Å². The van der Waals surface area contributed by atoms with Gasteiger partial charge in [0.1, 0.15) is 11.6 Å². The minimum Gasteiger partial charge on any atom is -0.496 e. The maximum absolute atomic E-state index is 14.6. The highest BCUT2D eigenvalue weighted by Gasteiger charge is 2.17. The molecule has 2 aromatic carbocycles. The average Bonchev–Trinajstić information content (AvgIpc) is 2.90. The number of ketones is 1. The number of anilines is 1. The molecule has 1 aliphatic heterocycles. The van der Waals surface area contributed by atoms with Gasteiger partial charge in [0.05, 0.1) is 17.3 Å². The highest BCUT2D eigenvalue weighted by Crippen LogP contribution is 2.28. The van der Waals surface area contributed by atoms with Crippen LogP contribution >= 0.6 is 15.9 Å². The van der Waals surface area contributed by atoms with Crippen molar-refractivity contribution in [3.63, 3.8) is 0 Å². The van der Waals surface area contributed by atoms with Crippen LogP contribution in [0.25, 0.3) is 0 Å². The van der Waals surface area contributed by atoms with Crippen molar-refractivity contribution in [2.24, 2.45) is 0 Å². The van der Waals surface area contributed by atoms with E-state index in [4.69, 9.17) is 4.74 Å². The van der Waals surface area contributed by atoms with E-state index in [0.29, 0.717) is 27.0 Å². The van der Waals surface area contributed by atoms with Crippen LogP contribution in [0.1, 0.15) is 41.6 Å². The molecule has 0 unspecified atom stereocenters. The van der Waals surface area contributed by atoms with E-state index in [-0.39, 0.29) is 11.6 Å². The van der Waals surface area contributed by atoms with Crippen molar-refractivity contribution in [3.05, 3.63) is 57.8 Å². The first kappa shape index (κ1) is 17.9. The molecule has 0 N–H and O–H groups in total. The van der Waals surface area contributed by atoms with Gasteiger partial charge in [-0.25, -0.2) is 4.39 Å². The van der Waals surface area contributed by atoms with Crippen molar-refractivity contribution >= 4 is 27.4 Å². The first-order valence-electron chi connectivity index (χ1n) is 8.53. The summed E-state index contributed by atoms with van der Waals surface area (Å²) in [6, 6.07) is 9.89. The molecule has 2 aromatic rings. The van der Waals surface area contributed by atoms with Gasteiger partial charge < -0.3 is 9.64 Å². The molecule has 1 heterocycles. The molecule has 0 aliphatic carbocycles. The van der Waals surface area contributed by atoms with E-state index in [1.165, 1.54) is 18.9 Å². The van der Waals surface area contributed by atoms with Crippen LogP contribution in [0.2, 0.25) is 0 Å². The maximum atomic E-state index is 14.6. The molecule has 0 saturated carbocycles. The zero-order chi connectivity index (χ0) is 17.8. The van der Waals surface area contributed by atoms with Gasteiger partial charge in [-0.2, -0.15) is 0 Å². The fraction of sp³-hybridized carbons (Fsp3) is 0.350. The monoisotopic (exact) mass is 405 g/mol. The maximum Gasteiger partial charge on any atom is 0.193 e. The van der Waals surface area contributed by atoms with Crippen LogP contribution in [0.3, 0.4) is 0 Å². The molecule has 1 fully saturated rings. The zero-order valence-electron chi connectivity index (χ0n) is 14.2. The molecule has 0 aromatic heterocycles. The lowest BCUT2D eigenvalue weighted by molar-refractivity contribution is 0.103. The normalized spacial score (nSPS) is 14.9. The van der Waals surface area contributed by atoms with Gasteiger partial charge in [0.2, 0.25) is 0 Å². The molecular formula is C20H21BrFNO2. The van der Waals surface area contributed by atoms with E-state index >= 15 is 0 Å². The van der Waals surface area contributed by atoms with Crippen LogP contribution < -0.4 is 9.64 Å². The summed E-state index contributed by atoms with van der Waals surface area (Å²) in [5.74, 6) is 0.115. The lowest BCUT2D eigenvalue weighted by Gasteiger charge is -2.23. The van der Waals surface area contributed by atoms with Crippen LogP contribution in [-0.4, -0.2) is 26.0 Å². The molecule has 1 saturated heterocycles. The molecule has 132 valence electrons. The SMILES string of the molecule is COc1ccc(C(=O)c2ccc(N3CCCCCC3)c(F)c2)cc1Br. The second-order valence-electron chi connectivity index (χ2n) is 6.25. The molecule has 0 amide bonds. The van der Waals surface area contributed by atoms with E-state index in [2.05, 4.69) is 20.8 Å². The van der Waals surface area contributed by atoms with Crippen molar-refractivity contribution in [1.29, 1.82) is 0 Å². The standard InChI is InChI=1S/C20H21BrFNO2/c1-25-19-9-7-14(12-16(19)21)20(24)15-6-8-18(17(22)13-15)23-10-4-2-3-5-11-23/h6-9,12-13H,2-5,10-11H2,1H3. The summed E-state index contributed by atoms with van der Waals surface area (Å²) in [6.07, 6.45) is 4.56. The molecule has 0 atom stereocenters. The first-order chi connectivity index (χ1) is 12.1. The van der Waals surface area contributed by atoms with E-state index < -0.39 is 0 Å². The summed E-state index contributed by atoms with van der Waals surface area (Å²) in [5.41, 5.74) is 1.44. The van der Waals surface area contributed by atoms with Crippen molar-refractivity contribution in [1.82, 2.24) is 0 Å². The van der Waals surface area contributed by atoms with Crippen molar-refractivity contribution in [2.75, 3.05) is 25.1 Å². The van der Waals surface area contributed by atoms with Crippen LogP contribution in [0, 0.1) is 5.82 Å². The first-order valence-corrected chi connectivity index (χ1v) is 9.32. The molecule has 1 aliphatic rings. The Kier molecular flexibility index (Phi) is 5.74. The topological polar surface area (TPSA) is 29.5 Å². The predicted molar refractivity (Wildman–Crippen MR) is 101 cm³/mol. The van der Waals surface area contributed by atoms with Crippen molar-refractivity contribution in [2.45, 2.75) is 25.7 Å². The smallest absolute Gasteiger partial charge is 0.193 e. The van der Waals surface area contributed by atoms with E-state index in [1.54, 1.807) is 37.4 Å². The minimum absolute atomic E-state index is 0.204. The summed E-state index contributed by atoms with van der Waals surface area (Å²) in [7, 11) is 1.57. The number of nitrogens with zero attached hydrogens (tertiary/aromatic N) is 1. The van der Waals surface area contributed by atoms with E-state index in [0.717, 1.165) is 25.9 Å². The molecule has 25 heavy (non-hydrogen) atoms. The zero-order valence-corrected chi connectivity index (χ0v) is 15.8. The largest absolute Gasteiger partial charge is 0.496 e. The molecule has 3 rings (SSSR count). The number of methoxy groups -OCH3 is 1. The third-order valence-electron chi connectivity index (χ3n) is 4.57. The summed E-state index contributed by atoms with van der Waals surface area (Å²) in [6.45, 7) is 1.74. The highest BCUT2D eigenvalue weighted by molar-refractivity contribution is 9.10. The third-order valence-corrected chi connectivity index (χ3v) is 5.19. The molecule has 3 nitrogen and oxygen atoms in total. The van der Waals surface area contributed by atoms with Crippen LogP contribution in [0.4, 0.5) is 10.1 Å². The number of rotatable bonds is 4. The number of ether oxygens (including phenoxy) is 1. The summed E-state index contributed by atoms with van der Waals surface area (Å²) >= 11 is 3.38. The number of carbonyl (C=O) groups is 1. The Hall–Kier alpha value is -1.88. The molecule has 0 bridgehead atoms. The Morgan fingerprint density at radius 1 is 1.04 bits per heavy atom. The van der Waals surface area contributed by atoms with Crippen LogP contribution in [0.5, 0.6) is 5.75 Å². The highest BCUT2D eigenvalue weighted by atomic mass is 79.9. The Morgan fingerprint density at radius 2 is 1.68 bits per heavy atom. The minimum atomic E-state index is -0.333. The summed E-state index contributed by atoms with van der Waals surface area (Å²) < 4.78 is 20.5.